The minimum absolute atomic E-state index is 0.276. The Kier molecular flexibility index (Phi) is 4.87. The summed E-state index contributed by atoms with van der Waals surface area (Å²) in [6.45, 7) is 1.71. The van der Waals surface area contributed by atoms with E-state index in [9.17, 15) is 4.39 Å². The molecule has 1 N–H and O–H groups in total. The predicted molar refractivity (Wildman–Crippen MR) is 55.0 cm³/mol. The first-order valence-electron chi connectivity index (χ1n) is 4.38. The van der Waals surface area contributed by atoms with Gasteiger partial charge in [-0.15, -0.1) is 0 Å². The molecule has 1 rings (SSSR count). The Hall–Kier alpha value is -0.640. The Morgan fingerprint density at radius 2 is 2.29 bits per heavy atom. The molecule has 0 saturated carbocycles. The molecular formula is C10H13ClFNO. The molecule has 0 atom stereocenters. The van der Waals surface area contributed by atoms with Crippen molar-refractivity contribution in [3.05, 3.63) is 34.6 Å². The second-order valence-electron chi connectivity index (χ2n) is 2.87. The lowest BCUT2D eigenvalue weighted by molar-refractivity contribution is 0.199. The molecule has 1 aromatic carbocycles. The van der Waals surface area contributed by atoms with Crippen LogP contribution in [-0.2, 0) is 11.3 Å². The molecule has 78 valence electrons. The van der Waals surface area contributed by atoms with Crippen LogP contribution in [0.15, 0.2) is 18.2 Å². The quantitative estimate of drug-likeness (QED) is 0.764. The van der Waals surface area contributed by atoms with Crippen LogP contribution < -0.4 is 5.32 Å². The fourth-order valence-corrected chi connectivity index (χ4v) is 1.32. The summed E-state index contributed by atoms with van der Waals surface area (Å²) < 4.78 is 18.1. The molecule has 0 amide bonds. The van der Waals surface area contributed by atoms with Crippen molar-refractivity contribution in [1.82, 2.24) is 5.32 Å². The Balaban J connectivity index is 2.49. The molecule has 0 bridgehead atoms. The van der Waals surface area contributed by atoms with E-state index in [1.54, 1.807) is 19.2 Å². The van der Waals surface area contributed by atoms with Gasteiger partial charge < -0.3 is 10.1 Å². The van der Waals surface area contributed by atoms with Crippen molar-refractivity contribution in [2.75, 3.05) is 20.3 Å². The molecular weight excluding hydrogens is 205 g/mol. The highest BCUT2D eigenvalue weighted by Gasteiger charge is 2.05. The first-order valence-corrected chi connectivity index (χ1v) is 4.76. The third kappa shape index (κ3) is 3.25. The largest absolute Gasteiger partial charge is 0.383 e. The van der Waals surface area contributed by atoms with Crippen molar-refractivity contribution in [1.29, 1.82) is 0 Å². The van der Waals surface area contributed by atoms with Crippen molar-refractivity contribution in [2.24, 2.45) is 0 Å². The van der Waals surface area contributed by atoms with Crippen LogP contribution in [0.3, 0.4) is 0 Å². The van der Waals surface area contributed by atoms with Crippen molar-refractivity contribution < 1.29 is 9.13 Å². The van der Waals surface area contributed by atoms with Gasteiger partial charge in [-0.25, -0.2) is 4.39 Å². The second kappa shape index (κ2) is 5.96. The highest BCUT2D eigenvalue weighted by molar-refractivity contribution is 6.31. The lowest BCUT2D eigenvalue weighted by Gasteiger charge is -2.06. The molecule has 0 aromatic heterocycles. The minimum Gasteiger partial charge on any atom is -0.383 e. The normalized spacial score (nSPS) is 10.5. The van der Waals surface area contributed by atoms with Crippen LogP contribution in [0.1, 0.15) is 5.56 Å². The standard InChI is InChI=1S/C10H13ClFNO/c1-14-6-5-13-7-8-9(11)3-2-4-10(8)12/h2-4,13H,5-7H2,1H3. The van der Waals surface area contributed by atoms with E-state index in [1.807, 2.05) is 0 Å². The number of methoxy groups -OCH3 is 1. The lowest BCUT2D eigenvalue weighted by atomic mass is 10.2. The number of nitrogens with one attached hydrogen (secondary N) is 1. The van der Waals surface area contributed by atoms with Gasteiger partial charge in [0.2, 0.25) is 0 Å². The van der Waals surface area contributed by atoms with Crippen molar-refractivity contribution in [3.63, 3.8) is 0 Å². The number of hydrogen-bond acceptors (Lipinski definition) is 2. The van der Waals surface area contributed by atoms with Gasteiger partial charge in [-0.05, 0) is 12.1 Å². The highest BCUT2D eigenvalue weighted by Crippen LogP contribution is 2.18. The molecule has 0 spiro atoms. The summed E-state index contributed by atoms with van der Waals surface area (Å²) in [5, 5.41) is 3.49. The van der Waals surface area contributed by atoms with Crippen LogP contribution in [0.25, 0.3) is 0 Å². The molecule has 0 aliphatic carbocycles. The fraction of sp³-hybridized carbons (Fsp3) is 0.400. The Morgan fingerprint density at radius 1 is 1.50 bits per heavy atom. The average molecular weight is 218 g/mol. The molecule has 1 aromatic rings. The zero-order valence-corrected chi connectivity index (χ0v) is 8.77. The zero-order chi connectivity index (χ0) is 10.4. The van der Waals surface area contributed by atoms with E-state index in [4.69, 9.17) is 16.3 Å². The molecule has 0 saturated heterocycles. The van der Waals surface area contributed by atoms with Gasteiger partial charge in [0.25, 0.3) is 0 Å². The van der Waals surface area contributed by atoms with Gasteiger partial charge in [-0.2, -0.15) is 0 Å². The molecule has 0 unspecified atom stereocenters. The van der Waals surface area contributed by atoms with Gasteiger partial charge in [0.05, 0.1) is 6.61 Å². The van der Waals surface area contributed by atoms with Crippen molar-refractivity contribution in [3.8, 4) is 0 Å². The summed E-state index contributed by atoms with van der Waals surface area (Å²) in [4.78, 5) is 0. The predicted octanol–water partition coefficient (Wildman–Crippen LogP) is 2.22. The van der Waals surface area contributed by atoms with Crippen LogP contribution >= 0.6 is 11.6 Å². The summed E-state index contributed by atoms with van der Waals surface area (Å²) in [6.07, 6.45) is 0. The first kappa shape index (κ1) is 11.4. The number of ether oxygens (including phenoxy) is 1. The van der Waals surface area contributed by atoms with Crippen molar-refractivity contribution in [2.45, 2.75) is 6.54 Å². The summed E-state index contributed by atoms with van der Waals surface area (Å²) in [5.41, 5.74) is 0.505. The Bertz CT molecular complexity index is 273. The van der Waals surface area contributed by atoms with E-state index in [1.165, 1.54) is 6.07 Å². The fourth-order valence-electron chi connectivity index (χ4n) is 1.09. The van der Waals surface area contributed by atoms with Gasteiger partial charge in [0.15, 0.2) is 0 Å². The van der Waals surface area contributed by atoms with Crippen molar-refractivity contribution >= 4 is 11.6 Å². The van der Waals surface area contributed by atoms with Crippen LogP contribution in [0, 0.1) is 5.82 Å². The molecule has 0 fully saturated rings. The molecule has 0 aliphatic rings. The van der Waals surface area contributed by atoms with Crippen LogP contribution in [0.4, 0.5) is 4.39 Å². The molecule has 0 aliphatic heterocycles. The van der Waals surface area contributed by atoms with Gasteiger partial charge in [0.1, 0.15) is 5.82 Å². The SMILES string of the molecule is COCCNCc1c(F)cccc1Cl. The summed E-state index contributed by atoms with van der Waals surface area (Å²) in [6, 6.07) is 4.67. The molecule has 0 heterocycles. The zero-order valence-electron chi connectivity index (χ0n) is 8.02. The monoisotopic (exact) mass is 217 g/mol. The number of rotatable bonds is 5. The third-order valence-corrected chi connectivity index (χ3v) is 2.20. The van der Waals surface area contributed by atoms with Crippen LogP contribution in [0.5, 0.6) is 0 Å². The van der Waals surface area contributed by atoms with E-state index in [2.05, 4.69) is 5.32 Å². The van der Waals surface area contributed by atoms with Gasteiger partial charge in [0, 0.05) is 30.8 Å². The molecule has 2 nitrogen and oxygen atoms in total. The summed E-state index contributed by atoms with van der Waals surface area (Å²) in [5.74, 6) is -0.276. The van der Waals surface area contributed by atoms with Gasteiger partial charge in [-0.1, -0.05) is 17.7 Å². The van der Waals surface area contributed by atoms with E-state index in [0.717, 1.165) is 0 Å². The van der Waals surface area contributed by atoms with Gasteiger partial charge >= 0.3 is 0 Å². The third-order valence-electron chi connectivity index (χ3n) is 1.85. The minimum atomic E-state index is -0.276. The maximum Gasteiger partial charge on any atom is 0.129 e. The Morgan fingerprint density at radius 3 is 2.93 bits per heavy atom. The topological polar surface area (TPSA) is 21.3 Å². The first-order chi connectivity index (χ1) is 6.75. The average Bonchev–Trinajstić information content (AvgIpc) is 2.16. The summed E-state index contributed by atoms with van der Waals surface area (Å²) >= 11 is 5.83. The summed E-state index contributed by atoms with van der Waals surface area (Å²) in [7, 11) is 1.62. The maximum absolute atomic E-state index is 13.2. The van der Waals surface area contributed by atoms with E-state index >= 15 is 0 Å². The van der Waals surface area contributed by atoms with E-state index in [0.29, 0.717) is 30.3 Å². The lowest BCUT2D eigenvalue weighted by Crippen LogP contribution is -2.19. The maximum atomic E-state index is 13.2. The van der Waals surface area contributed by atoms with E-state index < -0.39 is 0 Å². The highest BCUT2D eigenvalue weighted by atomic mass is 35.5. The van der Waals surface area contributed by atoms with E-state index in [-0.39, 0.29) is 5.82 Å². The second-order valence-corrected chi connectivity index (χ2v) is 3.28. The molecule has 0 radical (unpaired) electrons. The Labute approximate surface area is 88.0 Å². The smallest absolute Gasteiger partial charge is 0.129 e. The molecule has 4 heteroatoms. The van der Waals surface area contributed by atoms with Crippen LogP contribution in [0.2, 0.25) is 5.02 Å². The van der Waals surface area contributed by atoms with Crippen LogP contribution in [-0.4, -0.2) is 20.3 Å². The number of hydrogen-bond donors (Lipinski definition) is 1. The number of benzene rings is 1. The number of halogens is 2. The van der Waals surface area contributed by atoms with Gasteiger partial charge in [-0.3, -0.25) is 0 Å². The molecule has 14 heavy (non-hydrogen) atoms.